The zero-order valence-electron chi connectivity index (χ0n) is 10.8. The van der Waals surface area contributed by atoms with E-state index in [0.29, 0.717) is 0 Å². The van der Waals surface area contributed by atoms with Crippen molar-refractivity contribution in [3.63, 3.8) is 0 Å². The SMILES string of the molecule is C#CCOc1cccc(C=Nc2ccc(C)cc2)c1. The van der Waals surface area contributed by atoms with Crippen molar-refractivity contribution in [1.82, 2.24) is 0 Å². The van der Waals surface area contributed by atoms with Crippen molar-refractivity contribution in [3.8, 4) is 18.1 Å². The second-order valence-corrected chi connectivity index (χ2v) is 4.16. The van der Waals surface area contributed by atoms with E-state index in [1.165, 1.54) is 5.56 Å². The molecule has 2 nitrogen and oxygen atoms in total. The Kier molecular flexibility index (Phi) is 4.36. The lowest BCUT2D eigenvalue weighted by atomic mass is 10.2. The van der Waals surface area contributed by atoms with Crippen LogP contribution >= 0.6 is 0 Å². The molecule has 0 spiro atoms. The summed E-state index contributed by atoms with van der Waals surface area (Å²) < 4.78 is 5.37. The highest BCUT2D eigenvalue weighted by molar-refractivity contribution is 5.82. The summed E-state index contributed by atoms with van der Waals surface area (Å²) in [6, 6.07) is 15.7. The number of rotatable bonds is 4. The topological polar surface area (TPSA) is 21.6 Å². The van der Waals surface area contributed by atoms with Gasteiger partial charge < -0.3 is 4.74 Å². The van der Waals surface area contributed by atoms with Crippen LogP contribution in [0.2, 0.25) is 0 Å². The van der Waals surface area contributed by atoms with Gasteiger partial charge in [0.15, 0.2) is 0 Å². The van der Waals surface area contributed by atoms with Gasteiger partial charge in [0.05, 0.1) is 5.69 Å². The molecule has 2 heteroatoms. The summed E-state index contributed by atoms with van der Waals surface area (Å²) in [7, 11) is 0. The maximum atomic E-state index is 5.37. The molecule has 2 aromatic carbocycles. The Morgan fingerprint density at radius 1 is 1.21 bits per heavy atom. The van der Waals surface area contributed by atoms with E-state index >= 15 is 0 Å². The van der Waals surface area contributed by atoms with Gasteiger partial charge in [-0.1, -0.05) is 35.7 Å². The third kappa shape index (κ3) is 4.01. The number of ether oxygens (including phenoxy) is 1. The first-order valence-corrected chi connectivity index (χ1v) is 6.05. The van der Waals surface area contributed by atoms with E-state index in [0.717, 1.165) is 17.0 Å². The van der Waals surface area contributed by atoms with Crippen LogP contribution in [0, 0.1) is 19.3 Å². The molecule has 2 aromatic rings. The van der Waals surface area contributed by atoms with Crippen molar-refractivity contribution in [3.05, 3.63) is 59.7 Å². The lowest BCUT2D eigenvalue weighted by molar-refractivity contribution is 0.370. The molecule has 0 saturated heterocycles. The molecular weight excluding hydrogens is 234 g/mol. The number of nitrogens with zero attached hydrogens (tertiary/aromatic N) is 1. The van der Waals surface area contributed by atoms with Crippen LogP contribution < -0.4 is 4.74 Å². The van der Waals surface area contributed by atoms with Gasteiger partial charge in [-0.15, -0.1) is 6.42 Å². The van der Waals surface area contributed by atoms with Crippen LogP contribution in [-0.2, 0) is 0 Å². The Morgan fingerprint density at radius 3 is 2.74 bits per heavy atom. The molecule has 0 aliphatic carbocycles. The molecule has 0 amide bonds. The van der Waals surface area contributed by atoms with E-state index < -0.39 is 0 Å². The first-order chi connectivity index (χ1) is 9.28. The quantitative estimate of drug-likeness (QED) is 0.597. The van der Waals surface area contributed by atoms with Crippen molar-refractivity contribution in [1.29, 1.82) is 0 Å². The van der Waals surface area contributed by atoms with Gasteiger partial charge in [-0.2, -0.15) is 0 Å². The van der Waals surface area contributed by atoms with Crippen molar-refractivity contribution >= 4 is 11.9 Å². The molecule has 0 heterocycles. The van der Waals surface area contributed by atoms with Crippen LogP contribution in [0.25, 0.3) is 0 Å². The second kappa shape index (κ2) is 6.42. The van der Waals surface area contributed by atoms with E-state index in [1.54, 1.807) is 0 Å². The molecule has 0 aromatic heterocycles. The third-order valence-corrected chi connectivity index (χ3v) is 2.58. The van der Waals surface area contributed by atoms with Crippen LogP contribution in [0.4, 0.5) is 5.69 Å². The molecular formula is C17H15NO. The molecule has 0 atom stereocenters. The lowest BCUT2D eigenvalue weighted by Gasteiger charge is -2.02. The van der Waals surface area contributed by atoms with Crippen molar-refractivity contribution in [2.45, 2.75) is 6.92 Å². The Bertz CT molecular complexity index is 606. The highest BCUT2D eigenvalue weighted by Gasteiger charge is 1.94. The van der Waals surface area contributed by atoms with Gasteiger partial charge in [-0.05, 0) is 36.8 Å². The summed E-state index contributed by atoms with van der Waals surface area (Å²) in [5.74, 6) is 3.20. The van der Waals surface area contributed by atoms with Crippen LogP contribution in [0.5, 0.6) is 5.75 Å². The zero-order valence-corrected chi connectivity index (χ0v) is 10.8. The first-order valence-electron chi connectivity index (χ1n) is 6.05. The molecule has 2 rings (SSSR count). The monoisotopic (exact) mass is 249 g/mol. The number of terminal acetylenes is 1. The van der Waals surface area contributed by atoms with Crippen LogP contribution in [-0.4, -0.2) is 12.8 Å². The van der Waals surface area contributed by atoms with Gasteiger partial charge >= 0.3 is 0 Å². The minimum Gasteiger partial charge on any atom is -0.481 e. The maximum absolute atomic E-state index is 5.37. The van der Waals surface area contributed by atoms with E-state index in [1.807, 2.05) is 54.7 Å². The number of aryl methyl sites for hydroxylation is 1. The van der Waals surface area contributed by atoms with E-state index in [9.17, 15) is 0 Å². The van der Waals surface area contributed by atoms with Crippen LogP contribution in [0.15, 0.2) is 53.5 Å². The molecule has 94 valence electrons. The standard InChI is InChI=1S/C17H15NO/c1-3-11-19-17-6-4-5-15(12-17)13-18-16-9-7-14(2)8-10-16/h1,4-10,12-13H,11H2,2H3. The van der Waals surface area contributed by atoms with Gasteiger partial charge in [0, 0.05) is 6.21 Å². The molecule has 19 heavy (non-hydrogen) atoms. The summed E-state index contributed by atoms with van der Waals surface area (Å²) in [6.07, 6.45) is 6.97. The number of benzene rings is 2. The van der Waals surface area contributed by atoms with Crippen molar-refractivity contribution < 1.29 is 4.74 Å². The molecule has 0 unspecified atom stereocenters. The fourth-order valence-corrected chi connectivity index (χ4v) is 1.59. The zero-order chi connectivity index (χ0) is 13.5. The highest BCUT2D eigenvalue weighted by atomic mass is 16.5. The van der Waals surface area contributed by atoms with Gasteiger partial charge in [0.2, 0.25) is 0 Å². The molecule has 0 aliphatic rings. The molecule has 0 saturated carbocycles. The normalized spacial score (nSPS) is 10.3. The van der Waals surface area contributed by atoms with Gasteiger partial charge in [-0.25, -0.2) is 0 Å². The number of aliphatic imine (C=N–C) groups is 1. The average Bonchev–Trinajstić information content (AvgIpc) is 2.45. The summed E-state index contributed by atoms with van der Waals surface area (Å²) in [5.41, 5.74) is 3.14. The van der Waals surface area contributed by atoms with Crippen molar-refractivity contribution in [2.75, 3.05) is 6.61 Å². The lowest BCUT2D eigenvalue weighted by Crippen LogP contribution is -1.93. The summed E-state index contributed by atoms with van der Waals surface area (Å²) in [6.45, 7) is 2.33. The summed E-state index contributed by atoms with van der Waals surface area (Å²) >= 11 is 0. The Morgan fingerprint density at radius 2 is 2.00 bits per heavy atom. The van der Waals surface area contributed by atoms with Gasteiger partial charge in [0.1, 0.15) is 12.4 Å². The van der Waals surface area contributed by atoms with E-state index in [-0.39, 0.29) is 6.61 Å². The molecule has 0 N–H and O–H groups in total. The predicted octanol–water partition coefficient (Wildman–Crippen LogP) is 3.76. The van der Waals surface area contributed by atoms with E-state index in [2.05, 4.69) is 17.8 Å². The molecule has 0 bridgehead atoms. The summed E-state index contributed by atoms with van der Waals surface area (Å²) in [5, 5.41) is 0. The Balaban J connectivity index is 2.10. The van der Waals surface area contributed by atoms with Crippen molar-refractivity contribution in [2.24, 2.45) is 4.99 Å². The summed E-state index contributed by atoms with van der Waals surface area (Å²) in [4.78, 5) is 4.42. The fourth-order valence-electron chi connectivity index (χ4n) is 1.59. The van der Waals surface area contributed by atoms with E-state index in [4.69, 9.17) is 11.2 Å². The van der Waals surface area contributed by atoms with Gasteiger partial charge in [0.25, 0.3) is 0 Å². The number of hydrogen-bond donors (Lipinski definition) is 0. The fraction of sp³-hybridized carbons (Fsp3) is 0.118. The number of hydrogen-bond acceptors (Lipinski definition) is 2. The average molecular weight is 249 g/mol. The molecule has 0 fully saturated rings. The Labute approximate surface area is 113 Å². The highest BCUT2D eigenvalue weighted by Crippen LogP contribution is 2.15. The first kappa shape index (κ1) is 12.9. The molecule has 0 aliphatic heterocycles. The van der Waals surface area contributed by atoms with Crippen LogP contribution in [0.1, 0.15) is 11.1 Å². The Hall–Kier alpha value is -2.53. The molecule has 0 radical (unpaired) electrons. The minimum absolute atomic E-state index is 0.276. The van der Waals surface area contributed by atoms with Gasteiger partial charge in [-0.3, -0.25) is 4.99 Å². The smallest absolute Gasteiger partial charge is 0.148 e. The van der Waals surface area contributed by atoms with Crippen LogP contribution in [0.3, 0.4) is 0 Å². The predicted molar refractivity (Wildman–Crippen MR) is 79.2 cm³/mol. The third-order valence-electron chi connectivity index (χ3n) is 2.58. The minimum atomic E-state index is 0.276. The second-order valence-electron chi connectivity index (χ2n) is 4.16. The largest absolute Gasteiger partial charge is 0.481 e. The maximum Gasteiger partial charge on any atom is 0.148 e.